The van der Waals surface area contributed by atoms with Gasteiger partial charge in [0.25, 0.3) is 0 Å². The Morgan fingerprint density at radius 1 is 1.27 bits per heavy atom. The van der Waals surface area contributed by atoms with Gasteiger partial charge in [-0.15, -0.1) is 0 Å². The molecule has 26 heavy (non-hydrogen) atoms. The average molecular weight is 355 g/mol. The second-order valence-electron chi connectivity index (χ2n) is 5.58. The van der Waals surface area contributed by atoms with Crippen molar-refractivity contribution >= 4 is 5.97 Å². The van der Waals surface area contributed by atoms with E-state index in [0.717, 1.165) is 11.4 Å². The molecule has 0 aliphatic rings. The van der Waals surface area contributed by atoms with E-state index in [-0.39, 0.29) is 11.3 Å². The molecule has 0 aliphatic carbocycles. The van der Waals surface area contributed by atoms with E-state index >= 15 is 0 Å². The minimum atomic E-state index is -1.31. The largest absolute Gasteiger partial charge is 0.477 e. The lowest BCUT2D eigenvalue weighted by Gasteiger charge is -2.11. The van der Waals surface area contributed by atoms with Gasteiger partial charge in [0.2, 0.25) is 5.43 Å². The van der Waals surface area contributed by atoms with Crippen molar-refractivity contribution in [1.29, 1.82) is 0 Å². The van der Waals surface area contributed by atoms with Crippen LogP contribution in [0.1, 0.15) is 21.7 Å². The molecule has 2 aromatic heterocycles. The van der Waals surface area contributed by atoms with Crippen molar-refractivity contribution in [2.45, 2.75) is 13.2 Å². The molecule has 0 unspecified atom stereocenters. The van der Waals surface area contributed by atoms with Crippen LogP contribution in [0.2, 0.25) is 0 Å². The Hall–Kier alpha value is -3.39. The van der Waals surface area contributed by atoms with Crippen molar-refractivity contribution in [3.8, 4) is 11.5 Å². The SMILES string of the molecule is COCc1cc(Cn2cc(Oc3ccccc3)c(=O)c(C(=O)O)c2)[nH]n1. The number of benzene rings is 1. The number of carboxylic acids is 1. The molecule has 3 rings (SSSR count). The number of nitrogens with zero attached hydrogens (tertiary/aromatic N) is 2. The topological polar surface area (TPSA) is 106 Å². The lowest BCUT2D eigenvalue weighted by Crippen LogP contribution is -2.19. The number of aromatic amines is 1. The fourth-order valence-corrected chi connectivity index (χ4v) is 2.44. The van der Waals surface area contributed by atoms with E-state index in [4.69, 9.17) is 9.47 Å². The van der Waals surface area contributed by atoms with Crippen molar-refractivity contribution in [1.82, 2.24) is 14.8 Å². The number of H-pyrrole nitrogens is 1. The second-order valence-corrected chi connectivity index (χ2v) is 5.58. The molecule has 8 nitrogen and oxygen atoms in total. The molecule has 0 spiro atoms. The Balaban J connectivity index is 1.94. The summed E-state index contributed by atoms with van der Waals surface area (Å²) < 4.78 is 12.2. The van der Waals surface area contributed by atoms with Gasteiger partial charge in [0.15, 0.2) is 5.75 Å². The van der Waals surface area contributed by atoms with Gasteiger partial charge in [0, 0.05) is 13.3 Å². The quantitative estimate of drug-likeness (QED) is 0.673. The number of ether oxygens (including phenoxy) is 2. The van der Waals surface area contributed by atoms with Crippen LogP contribution in [0, 0.1) is 0 Å². The first-order valence-corrected chi connectivity index (χ1v) is 7.79. The third-order valence-electron chi connectivity index (χ3n) is 3.58. The molecule has 0 saturated heterocycles. The van der Waals surface area contributed by atoms with E-state index in [1.54, 1.807) is 42.0 Å². The van der Waals surface area contributed by atoms with Gasteiger partial charge in [-0.1, -0.05) is 18.2 Å². The molecule has 0 atom stereocenters. The molecule has 1 aromatic carbocycles. The number of hydrogen-bond donors (Lipinski definition) is 2. The number of aromatic nitrogens is 3. The molecule has 0 amide bonds. The number of para-hydroxylation sites is 1. The smallest absolute Gasteiger partial charge is 0.341 e. The van der Waals surface area contributed by atoms with Crippen molar-refractivity contribution in [3.63, 3.8) is 0 Å². The van der Waals surface area contributed by atoms with Gasteiger partial charge in [0.1, 0.15) is 11.3 Å². The summed E-state index contributed by atoms with van der Waals surface area (Å²) in [4.78, 5) is 23.8. The molecule has 2 N–H and O–H groups in total. The lowest BCUT2D eigenvalue weighted by atomic mass is 10.2. The zero-order valence-electron chi connectivity index (χ0n) is 14.0. The third kappa shape index (κ3) is 3.98. The summed E-state index contributed by atoms with van der Waals surface area (Å²) in [5.74, 6) is -0.928. The molecule has 134 valence electrons. The summed E-state index contributed by atoms with van der Waals surface area (Å²) in [6.07, 6.45) is 2.75. The number of carbonyl (C=O) groups is 1. The highest BCUT2D eigenvalue weighted by atomic mass is 16.5. The maximum atomic E-state index is 12.4. The van der Waals surface area contributed by atoms with Crippen molar-refractivity contribution in [3.05, 3.63) is 76.0 Å². The van der Waals surface area contributed by atoms with Crippen LogP contribution in [0.5, 0.6) is 11.5 Å². The molecule has 0 fully saturated rings. The van der Waals surface area contributed by atoms with Crippen molar-refractivity contribution < 1.29 is 19.4 Å². The predicted molar refractivity (Wildman–Crippen MR) is 92.6 cm³/mol. The molecule has 3 aromatic rings. The fraction of sp³-hybridized carbons (Fsp3) is 0.167. The first-order valence-electron chi connectivity index (χ1n) is 7.79. The van der Waals surface area contributed by atoms with E-state index in [1.807, 2.05) is 6.07 Å². The van der Waals surface area contributed by atoms with Gasteiger partial charge in [-0.3, -0.25) is 9.89 Å². The third-order valence-corrected chi connectivity index (χ3v) is 3.58. The normalized spacial score (nSPS) is 10.7. The Morgan fingerprint density at radius 3 is 2.73 bits per heavy atom. The molecule has 0 radical (unpaired) electrons. The summed E-state index contributed by atoms with van der Waals surface area (Å²) in [7, 11) is 1.57. The van der Waals surface area contributed by atoms with Crippen LogP contribution >= 0.6 is 0 Å². The summed E-state index contributed by atoms with van der Waals surface area (Å²) in [5.41, 5.74) is 0.419. The minimum Gasteiger partial charge on any atom is -0.477 e. The zero-order chi connectivity index (χ0) is 18.5. The highest BCUT2D eigenvalue weighted by molar-refractivity contribution is 5.87. The number of aromatic carboxylic acids is 1. The monoisotopic (exact) mass is 355 g/mol. The van der Waals surface area contributed by atoms with Gasteiger partial charge < -0.3 is 19.1 Å². The summed E-state index contributed by atoms with van der Waals surface area (Å²) in [6, 6.07) is 10.5. The van der Waals surface area contributed by atoms with E-state index in [9.17, 15) is 14.7 Å². The summed E-state index contributed by atoms with van der Waals surface area (Å²) in [5, 5.41) is 16.3. The average Bonchev–Trinajstić information content (AvgIpc) is 3.05. The fourth-order valence-electron chi connectivity index (χ4n) is 2.44. The Morgan fingerprint density at radius 2 is 2.04 bits per heavy atom. The molecular formula is C18H17N3O5. The van der Waals surface area contributed by atoms with Crippen LogP contribution < -0.4 is 10.2 Å². The van der Waals surface area contributed by atoms with E-state index in [2.05, 4.69) is 10.2 Å². The first kappa shape index (κ1) is 17.4. The summed E-state index contributed by atoms with van der Waals surface area (Å²) in [6.45, 7) is 0.659. The maximum Gasteiger partial charge on any atom is 0.341 e. The Kier molecular flexibility index (Phi) is 5.14. The van der Waals surface area contributed by atoms with Crippen molar-refractivity contribution in [2.75, 3.05) is 7.11 Å². The molecule has 0 saturated carbocycles. The minimum absolute atomic E-state index is 0.0623. The maximum absolute atomic E-state index is 12.4. The van der Waals surface area contributed by atoms with Crippen LogP contribution in [-0.4, -0.2) is 33.0 Å². The number of carboxylic acid groups (broad SMARTS) is 1. The highest BCUT2D eigenvalue weighted by Gasteiger charge is 2.16. The van der Waals surface area contributed by atoms with Crippen LogP contribution in [0.3, 0.4) is 0 Å². The number of rotatable bonds is 7. The van der Waals surface area contributed by atoms with E-state index < -0.39 is 11.4 Å². The van der Waals surface area contributed by atoms with E-state index in [1.165, 1.54) is 12.4 Å². The van der Waals surface area contributed by atoms with Gasteiger partial charge in [-0.05, 0) is 18.2 Å². The van der Waals surface area contributed by atoms with Crippen LogP contribution in [-0.2, 0) is 17.9 Å². The van der Waals surface area contributed by atoms with Gasteiger partial charge in [-0.2, -0.15) is 5.10 Å². The summed E-state index contributed by atoms with van der Waals surface area (Å²) >= 11 is 0. The Bertz CT molecular complexity index is 962. The van der Waals surface area contributed by atoms with Crippen LogP contribution in [0.15, 0.2) is 53.6 Å². The van der Waals surface area contributed by atoms with Crippen molar-refractivity contribution in [2.24, 2.45) is 0 Å². The van der Waals surface area contributed by atoms with Crippen LogP contribution in [0.4, 0.5) is 0 Å². The first-order chi connectivity index (χ1) is 12.6. The van der Waals surface area contributed by atoms with Gasteiger partial charge in [-0.25, -0.2) is 4.79 Å². The standard InChI is InChI=1S/C18H17N3O5/c1-25-11-13-7-12(19-20-13)8-21-9-15(18(23)24)17(22)16(10-21)26-14-5-3-2-4-6-14/h2-7,9-10H,8,11H2,1H3,(H,19,20)(H,23,24). The zero-order valence-corrected chi connectivity index (χ0v) is 14.0. The molecule has 2 heterocycles. The second kappa shape index (κ2) is 7.66. The number of nitrogens with one attached hydrogen (secondary N) is 1. The Labute approximate surface area is 148 Å². The van der Waals surface area contributed by atoms with Crippen LogP contribution in [0.25, 0.3) is 0 Å². The van der Waals surface area contributed by atoms with E-state index in [0.29, 0.717) is 18.9 Å². The van der Waals surface area contributed by atoms with Gasteiger partial charge >= 0.3 is 5.97 Å². The predicted octanol–water partition coefficient (Wildman–Crippen LogP) is 2.26. The molecule has 0 aliphatic heterocycles. The number of pyridine rings is 1. The number of hydrogen-bond acceptors (Lipinski definition) is 5. The highest BCUT2D eigenvalue weighted by Crippen LogP contribution is 2.18. The molecule has 8 heteroatoms. The lowest BCUT2D eigenvalue weighted by molar-refractivity contribution is 0.0694. The van der Waals surface area contributed by atoms with Gasteiger partial charge in [0.05, 0.1) is 30.7 Å². The number of methoxy groups -OCH3 is 1. The molecular weight excluding hydrogens is 338 g/mol. The molecule has 0 bridgehead atoms.